The summed E-state index contributed by atoms with van der Waals surface area (Å²) in [4.78, 5) is 50.7. The van der Waals surface area contributed by atoms with Gasteiger partial charge in [0.15, 0.2) is 5.78 Å². The van der Waals surface area contributed by atoms with Crippen LogP contribution in [0.3, 0.4) is 0 Å². The highest BCUT2D eigenvalue weighted by atomic mass is 35.5. The van der Waals surface area contributed by atoms with Crippen LogP contribution in [0.4, 0.5) is 17.1 Å². The average Bonchev–Trinajstić information content (AvgIpc) is 3.04. The van der Waals surface area contributed by atoms with E-state index in [1.165, 1.54) is 31.2 Å². The number of carbonyl (C=O) groups excluding carboxylic acids is 4. The van der Waals surface area contributed by atoms with Gasteiger partial charge in [-0.05, 0) is 67.6 Å². The molecule has 35 heavy (non-hydrogen) atoms. The van der Waals surface area contributed by atoms with Gasteiger partial charge in [-0.15, -0.1) is 0 Å². The van der Waals surface area contributed by atoms with E-state index in [9.17, 15) is 19.2 Å². The summed E-state index contributed by atoms with van der Waals surface area (Å²) in [6, 6.07) is 17.2. The molecule has 0 radical (unpaired) electrons. The lowest BCUT2D eigenvalue weighted by molar-refractivity contribution is -0.120. The smallest absolute Gasteiger partial charge is 0.283 e. The summed E-state index contributed by atoms with van der Waals surface area (Å²) in [7, 11) is 0. The Hall–Kier alpha value is -3.65. The molecule has 176 valence electrons. The van der Waals surface area contributed by atoms with Gasteiger partial charge >= 0.3 is 0 Å². The quantitative estimate of drug-likeness (QED) is 0.307. The van der Waals surface area contributed by atoms with Gasteiger partial charge in [0.25, 0.3) is 17.7 Å². The molecule has 0 fully saturated rings. The van der Waals surface area contributed by atoms with E-state index in [2.05, 4.69) is 10.6 Å². The van der Waals surface area contributed by atoms with E-state index in [0.29, 0.717) is 22.5 Å². The molecule has 0 bridgehead atoms. The third-order valence-electron chi connectivity index (χ3n) is 5.13. The number of nitrogens with one attached hydrogen (secondary N) is 2. The molecule has 2 N–H and O–H groups in total. The zero-order valence-electron chi connectivity index (χ0n) is 18.1. The summed E-state index contributed by atoms with van der Waals surface area (Å²) in [5.41, 5.74) is 1.78. The predicted molar refractivity (Wildman–Crippen MR) is 136 cm³/mol. The van der Waals surface area contributed by atoms with Crippen molar-refractivity contribution < 1.29 is 19.2 Å². The summed E-state index contributed by atoms with van der Waals surface area (Å²) in [6.45, 7) is 1.46. The normalized spacial score (nSPS) is 13.3. The van der Waals surface area contributed by atoms with Crippen molar-refractivity contribution in [3.8, 4) is 0 Å². The fourth-order valence-electron chi connectivity index (χ4n) is 3.34. The largest absolute Gasteiger partial charge is 0.350 e. The second-order valence-electron chi connectivity index (χ2n) is 7.53. The second kappa shape index (κ2) is 9.92. The SMILES string of the molecule is CC(=O)c1ccc(NC(=O)c2cccc(NC3=C(Cl)C(=O)N(c4ccc(Cl)c(Cl)c4)C3=O)c2)cc1. The molecular formula is C25H16Cl3N3O4. The maximum atomic E-state index is 13.0. The number of Topliss-reactive ketones (excluding diaryl/α,β-unsaturated/α-hetero) is 1. The van der Waals surface area contributed by atoms with Gasteiger partial charge < -0.3 is 10.6 Å². The third-order valence-corrected chi connectivity index (χ3v) is 6.22. The Balaban J connectivity index is 1.52. The Morgan fingerprint density at radius 3 is 2.14 bits per heavy atom. The number of anilines is 3. The van der Waals surface area contributed by atoms with E-state index in [0.717, 1.165) is 4.90 Å². The Morgan fingerprint density at radius 2 is 1.49 bits per heavy atom. The molecule has 1 aliphatic heterocycles. The van der Waals surface area contributed by atoms with Crippen LogP contribution >= 0.6 is 34.8 Å². The summed E-state index contributed by atoms with van der Waals surface area (Å²) < 4.78 is 0. The lowest BCUT2D eigenvalue weighted by atomic mass is 10.1. The molecule has 0 unspecified atom stereocenters. The van der Waals surface area contributed by atoms with Crippen molar-refractivity contribution >= 4 is 75.4 Å². The zero-order chi connectivity index (χ0) is 25.3. The highest BCUT2D eigenvalue weighted by Crippen LogP contribution is 2.33. The minimum Gasteiger partial charge on any atom is -0.350 e. The highest BCUT2D eigenvalue weighted by Gasteiger charge is 2.39. The molecule has 4 rings (SSSR count). The van der Waals surface area contributed by atoms with Crippen molar-refractivity contribution in [3.63, 3.8) is 0 Å². The number of hydrogen-bond donors (Lipinski definition) is 2. The number of imide groups is 1. The van der Waals surface area contributed by atoms with Crippen molar-refractivity contribution in [1.29, 1.82) is 0 Å². The zero-order valence-corrected chi connectivity index (χ0v) is 20.3. The number of nitrogens with zero attached hydrogens (tertiary/aromatic N) is 1. The van der Waals surface area contributed by atoms with Crippen LogP contribution in [0.5, 0.6) is 0 Å². The van der Waals surface area contributed by atoms with Crippen molar-refractivity contribution in [2.75, 3.05) is 15.5 Å². The van der Waals surface area contributed by atoms with Crippen LogP contribution in [0.2, 0.25) is 10.0 Å². The first kappa shape index (κ1) is 24.5. The van der Waals surface area contributed by atoms with Crippen molar-refractivity contribution in [2.24, 2.45) is 0 Å². The number of hydrogen-bond acceptors (Lipinski definition) is 5. The molecule has 1 heterocycles. The monoisotopic (exact) mass is 527 g/mol. The molecule has 0 aromatic heterocycles. The minimum atomic E-state index is -0.722. The highest BCUT2D eigenvalue weighted by molar-refractivity contribution is 6.53. The first-order valence-corrected chi connectivity index (χ1v) is 11.3. The number of carbonyl (C=O) groups is 4. The van der Waals surface area contributed by atoms with Gasteiger partial charge in [0, 0.05) is 22.5 Å². The number of benzene rings is 3. The lowest BCUT2D eigenvalue weighted by Crippen LogP contribution is -2.32. The van der Waals surface area contributed by atoms with Gasteiger partial charge in [0.1, 0.15) is 10.7 Å². The second-order valence-corrected chi connectivity index (χ2v) is 8.72. The van der Waals surface area contributed by atoms with Gasteiger partial charge in [-0.3, -0.25) is 19.2 Å². The van der Waals surface area contributed by atoms with Gasteiger partial charge in [-0.25, -0.2) is 4.90 Å². The topological polar surface area (TPSA) is 95.6 Å². The van der Waals surface area contributed by atoms with Gasteiger partial charge in [-0.2, -0.15) is 0 Å². The number of amides is 3. The first-order valence-electron chi connectivity index (χ1n) is 10.2. The van der Waals surface area contributed by atoms with E-state index in [4.69, 9.17) is 34.8 Å². The number of rotatable bonds is 6. The molecule has 3 amide bonds. The lowest BCUT2D eigenvalue weighted by Gasteiger charge is -2.16. The molecule has 0 aliphatic carbocycles. The molecule has 0 saturated heterocycles. The first-order chi connectivity index (χ1) is 16.7. The summed E-state index contributed by atoms with van der Waals surface area (Å²) >= 11 is 18.1. The van der Waals surface area contributed by atoms with E-state index >= 15 is 0 Å². The molecule has 3 aromatic carbocycles. The van der Waals surface area contributed by atoms with Gasteiger partial charge in [0.05, 0.1) is 15.7 Å². The maximum absolute atomic E-state index is 13.0. The van der Waals surface area contributed by atoms with E-state index in [1.807, 2.05) is 0 Å². The standard InChI is InChI=1S/C25H16Cl3N3O4/c1-13(32)14-5-7-16(8-6-14)30-23(33)15-3-2-4-17(11-15)29-22-21(28)24(34)31(25(22)35)18-9-10-19(26)20(27)12-18/h2-12,29H,1H3,(H,30,33). The summed E-state index contributed by atoms with van der Waals surface area (Å²) in [6.07, 6.45) is 0. The van der Waals surface area contributed by atoms with Crippen LogP contribution in [0.1, 0.15) is 27.6 Å². The Labute approximate surface area is 215 Å². The summed E-state index contributed by atoms with van der Waals surface area (Å²) in [5, 5.41) is 5.72. The van der Waals surface area contributed by atoms with Crippen LogP contribution in [0.25, 0.3) is 0 Å². The van der Waals surface area contributed by atoms with Crippen LogP contribution < -0.4 is 15.5 Å². The van der Waals surface area contributed by atoms with Crippen molar-refractivity contribution in [3.05, 3.63) is 98.6 Å². The van der Waals surface area contributed by atoms with Gasteiger partial charge in [0.2, 0.25) is 0 Å². The summed E-state index contributed by atoms with van der Waals surface area (Å²) in [5.74, 6) is -1.89. The van der Waals surface area contributed by atoms with Crippen molar-refractivity contribution in [2.45, 2.75) is 6.92 Å². The number of ketones is 1. The van der Waals surface area contributed by atoms with Crippen LogP contribution in [0, 0.1) is 0 Å². The van der Waals surface area contributed by atoms with Crippen LogP contribution in [0.15, 0.2) is 77.5 Å². The van der Waals surface area contributed by atoms with E-state index in [1.54, 1.807) is 42.5 Å². The van der Waals surface area contributed by atoms with Crippen LogP contribution in [-0.2, 0) is 9.59 Å². The van der Waals surface area contributed by atoms with Crippen LogP contribution in [-0.4, -0.2) is 23.5 Å². The Morgan fingerprint density at radius 1 is 0.771 bits per heavy atom. The van der Waals surface area contributed by atoms with E-state index < -0.39 is 17.7 Å². The molecule has 7 nitrogen and oxygen atoms in total. The van der Waals surface area contributed by atoms with Gasteiger partial charge in [-0.1, -0.05) is 40.9 Å². The maximum Gasteiger partial charge on any atom is 0.283 e. The minimum absolute atomic E-state index is 0.0766. The third kappa shape index (κ3) is 5.07. The molecule has 0 spiro atoms. The fourth-order valence-corrected chi connectivity index (χ4v) is 3.85. The molecule has 3 aromatic rings. The predicted octanol–water partition coefficient (Wildman–Crippen LogP) is 5.88. The number of halogens is 3. The fraction of sp³-hybridized carbons (Fsp3) is 0.0400. The molecule has 0 atom stereocenters. The molecular weight excluding hydrogens is 513 g/mol. The molecule has 1 aliphatic rings. The van der Waals surface area contributed by atoms with Crippen molar-refractivity contribution in [1.82, 2.24) is 0 Å². The molecule has 0 saturated carbocycles. The molecule has 10 heteroatoms. The average molecular weight is 529 g/mol. The Kier molecular flexibility index (Phi) is 6.93. The van der Waals surface area contributed by atoms with E-state index in [-0.39, 0.29) is 32.2 Å². The Bertz CT molecular complexity index is 1420.